The summed E-state index contributed by atoms with van der Waals surface area (Å²) in [6, 6.07) is 0.432. The molecule has 3 unspecified atom stereocenters. The van der Waals surface area contributed by atoms with Gasteiger partial charge in [-0.25, -0.2) is 0 Å². The van der Waals surface area contributed by atoms with E-state index in [1.807, 2.05) is 14.0 Å². The predicted octanol–water partition coefficient (Wildman–Crippen LogP) is 0.493. The summed E-state index contributed by atoms with van der Waals surface area (Å²) in [4.78, 5) is 2.17. The van der Waals surface area contributed by atoms with Gasteiger partial charge in [-0.1, -0.05) is 0 Å². The van der Waals surface area contributed by atoms with Crippen molar-refractivity contribution < 1.29 is 14.6 Å². The van der Waals surface area contributed by atoms with Crippen LogP contribution in [0.1, 0.15) is 20.3 Å². The van der Waals surface area contributed by atoms with Gasteiger partial charge in [-0.05, 0) is 27.3 Å². The van der Waals surface area contributed by atoms with Gasteiger partial charge in [0.1, 0.15) is 0 Å². The maximum absolute atomic E-state index is 9.69. The SMILES string of the molecule is CCOCC(O)CN(C)C1CCOC1C. The number of hydrogen-bond donors (Lipinski definition) is 1. The molecule has 4 nitrogen and oxygen atoms in total. The molecular weight excluding hydrogens is 194 g/mol. The van der Waals surface area contributed by atoms with Gasteiger partial charge in [-0.15, -0.1) is 0 Å². The first kappa shape index (κ1) is 12.9. The summed E-state index contributed by atoms with van der Waals surface area (Å²) in [5, 5.41) is 9.69. The van der Waals surface area contributed by atoms with E-state index in [1.54, 1.807) is 0 Å². The van der Waals surface area contributed by atoms with Crippen LogP contribution in [0.5, 0.6) is 0 Å². The van der Waals surface area contributed by atoms with Crippen molar-refractivity contribution in [3.63, 3.8) is 0 Å². The second kappa shape index (κ2) is 6.43. The van der Waals surface area contributed by atoms with Gasteiger partial charge in [0.2, 0.25) is 0 Å². The average Bonchev–Trinajstić information content (AvgIpc) is 2.61. The zero-order valence-electron chi connectivity index (χ0n) is 9.98. The van der Waals surface area contributed by atoms with E-state index in [9.17, 15) is 5.11 Å². The number of hydrogen-bond acceptors (Lipinski definition) is 4. The fourth-order valence-electron chi connectivity index (χ4n) is 2.07. The van der Waals surface area contributed by atoms with Gasteiger partial charge >= 0.3 is 0 Å². The smallest absolute Gasteiger partial charge is 0.0900 e. The first-order chi connectivity index (χ1) is 7.15. The van der Waals surface area contributed by atoms with Gasteiger partial charge in [0.25, 0.3) is 0 Å². The quantitative estimate of drug-likeness (QED) is 0.703. The Morgan fingerprint density at radius 3 is 2.87 bits per heavy atom. The minimum absolute atomic E-state index is 0.272. The topological polar surface area (TPSA) is 41.9 Å². The van der Waals surface area contributed by atoms with Crippen LogP contribution in [0.3, 0.4) is 0 Å². The molecule has 90 valence electrons. The summed E-state index contributed by atoms with van der Waals surface area (Å²) in [7, 11) is 2.03. The molecule has 0 aromatic rings. The van der Waals surface area contributed by atoms with Gasteiger partial charge in [-0.3, -0.25) is 4.90 Å². The number of rotatable bonds is 6. The summed E-state index contributed by atoms with van der Waals surface area (Å²) >= 11 is 0. The molecule has 1 rings (SSSR count). The normalized spacial score (nSPS) is 28.6. The monoisotopic (exact) mass is 217 g/mol. The minimum Gasteiger partial charge on any atom is -0.389 e. The van der Waals surface area contributed by atoms with E-state index in [2.05, 4.69) is 11.8 Å². The molecule has 1 saturated heterocycles. The molecule has 4 heteroatoms. The summed E-state index contributed by atoms with van der Waals surface area (Å²) in [5.74, 6) is 0. The van der Waals surface area contributed by atoms with Gasteiger partial charge in [-0.2, -0.15) is 0 Å². The molecular formula is C11H23NO3. The molecule has 0 amide bonds. The molecule has 0 bridgehead atoms. The van der Waals surface area contributed by atoms with Gasteiger partial charge in [0.15, 0.2) is 0 Å². The van der Waals surface area contributed by atoms with Crippen molar-refractivity contribution in [1.82, 2.24) is 4.90 Å². The number of nitrogens with zero attached hydrogens (tertiary/aromatic N) is 1. The van der Waals surface area contributed by atoms with E-state index in [1.165, 1.54) is 0 Å². The van der Waals surface area contributed by atoms with Gasteiger partial charge in [0.05, 0.1) is 18.8 Å². The lowest BCUT2D eigenvalue weighted by molar-refractivity contribution is 0.00958. The zero-order valence-corrected chi connectivity index (χ0v) is 9.98. The molecule has 3 atom stereocenters. The molecule has 0 radical (unpaired) electrons. The Morgan fingerprint density at radius 2 is 2.33 bits per heavy atom. The third-order valence-electron chi connectivity index (χ3n) is 2.92. The largest absolute Gasteiger partial charge is 0.389 e. The molecule has 15 heavy (non-hydrogen) atoms. The van der Waals surface area contributed by atoms with Crippen LogP contribution in [0, 0.1) is 0 Å². The van der Waals surface area contributed by atoms with Crippen molar-refractivity contribution >= 4 is 0 Å². The lowest BCUT2D eigenvalue weighted by Gasteiger charge is -2.28. The van der Waals surface area contributed by atoms with Crippen molar-refractivity contribution in [3.05, 3.63) is 0 Å². The number of ether oxygens (including phenoxy) is 2. The van der Waals surface area contributed by atoms with E-state index >= 15 is 0 Å². The van der Waals surface area contributed by atoms with Gasteiger partial charge < -0.3 is 14.6 Å². The van der Waals surface area contributed by atoms with Crippen LogP contribution in [-0.2, 0) is 9.47 Å². The zero-order chi connectivity index (χ0) is 11.3. The standard InChI is InChI=1S/C11H23NO3/c1-4-14-8-10(13)7-12(3)11-5-6-15-9(11)2/h9-11,13H,4-8H2,1-3H3. The van der Waals surface area contributed by atoms with Crippen molar-refractivity contribution in [2.45, 2.75) is 38.5 Å². The Bertz CT molecular complexity index is 177. The highest BCUT2D eigenvalue weighted by molar-refractivity contribution is 4.81. The third-order valence-corrected chi connectivity index (χ3v) is 2.92. The molecule has 0 spiro atoms. The van der Waals surface area contributed by atoms with E-state index in [4.69, 9.17) is 9.47 Å². The highest BCUT2D eigenvalue weighted by Crippen LogP contribution is 2.18. The summed E-state index contributed by atoms with van der Waals surface area (Å²) in [6.45, 7) is 6.58. The van der Waals surface area contributed by atoms with Crippen LogP contribution in [0.15, 0.2) is 0 Å². The number of aliphatic hydroxyl groups excluding tert-OH is 1. The van der Waals surface area contributed by atoms with Crippen LogP contribution in [0.4, 0.5) is 0 Å². The second-order valence-electron chi connectivity index (χ2n) is 4.18. The highest BCUT2D eigenvalue weighted by atomic mass is 16.5. The first-order valence-corrected chi connectivity index (χ1v) is 5.72. The molecule has 0 aromatic heterocycles. The second-order valence-corrected chi connectivity index (χ2v) is 4.18. The average molecular weight is 217 g/mol. The van der Waals surface area contributed by atoms with Gasteiger partial charge in [0, 0.05) is 25.8 Å². The van der Waals surface area contributed by atoms with Crippen molar-refractivity contribution in [2.24, 2.45) is 0 Å². The van der Waals surface area contributed by atoms with Crippen molar-refractivity contribution in [1.29, 1.82) is 0 Å². The summed E-state index contributed by atoms with van der Waals surface area (Å²) in [5.41, 5.74) is 0. The molecule has 1 fully saturated rings. The fraction of sp³-hybridized carbons (Fsp3) is 1.00. The van der Waals surface area contributed by atoms with E-state index in [0.29, 0.717) is 25.8 Å². The van der Waals surface area contributed by atoms with E-state index in [0.717, 1.165) is 13.0 Å². The maximum atomic E-state index is 9.69. The van der Waals surface area contributed by atoms with Crippen LogP contribution >= 0.6 is 0 Å². The van der Waals surface area contributed by atoms with Crippen LogP contribution in [0.25, 0.3) is 0 Å². The van der Waals surface area contributed by atoms with Crippen LogP contribution in [0.2, 0.25) is 0 Å². The Kier molecular flexibility index (Phi) is 5.53. The highest BCUT2D eigenvalue weighted by Gasteiger charge is 2.28. The van der Waals surface area contributed by atoms with Crippen molar-refractivity contribution in [2.75, 3.05) is 33.4 Å². The number of aliphatic hydroxyl groups is 1. The van der Waals surface area contributed by atoms with Crippen LogP contribution < -0.4 is 0 Å². The lowest BCUT2D eigenvalue weighted by atomic mass is 10.1. The fourth-order valence-corrected chi connectivity index (χ4v) is 2.07. The summed E-state index contributed by atoms with van der Waals surface area (Å²) < 4.78 is 10.7. The Morgan fingerprint density at radius 1 is 1.60 bits per heavy atom. The summed E-state index contributed by atoms with van der Waals surface area (Å²) in [6.07, 6.45) is 0.927. The molecule has 0 aliphatic carbocycles. The van der Waals surface area contributed by atoms with E-state index in [-0.39, 0.29) is 6.10 Å². The molecule has 1 aliphatic heterocycles. The lowest BCUT2D eigenvalue weighted by Crippen LogP contribution is -2.42. The Hall–Kier alpha value is -0.160. The van der Waals surface area contributed by atoms with Crippen molar-refractivity contribution in [3.8, 4) is 0 Å². The van der Waals surface area contributed by atoms with Crippen LogP contribution in [-0.4, -0.2) is 61.7 Å². The van der Waals surface area contributed by atoms with E-state index < -0.39 is 6.10 Å². The Labute approximate surface area is 92.2 Å². The third kappa shape index (κ3) is 4.07. The Balaban J connectivity index is 2.24. The maximum Gasteiger partial charge on any atom is 0.0900 e. The number of likely N-dealkylation sites (N-methyl/N-ethyl adjacent to an activating group) is 1. The molecule has 1 aliphatic rings. The predicted molar refractivity (Wildman–Crippen MR) is 58.9 cm³/mol. The molecule has 0 saturated carbocycles. The minimum atomic E-state index is -0.400. The molecule has 1 heterocycles. The molecule has 1 N–H and O–H groups in total. The molecule has 0 aromatic carbocycles. The first-order valence-electron chi connectivity index (χ1n) is 5.72.